The number of benzene rings is 1. The molecule has 5 heteroatoms. The highest BCUT2D eigenvalue weighted by molar-refractivity contribution is 6.30. The van der Waals surface area contributed by atoms with Crippen LogP contribution in [0.2, 0.25) is 5.02 Å². The van der Waals surface area contributed by atoms with Gasteiger partial charge in [0.05, 0.1) is 11.7 Å². The summed E-state index contributed by atoms with van der Waals surface area (Å²) < 4.78 is 5.53. The summed E-state index contributed by atoms with van der Waals surface area (Å²) in [5.41, 5.74) is 0.740. The number of hydrogen-bond acceptors (Lipinski definition) is 4. The van der Waals surface area contributed by atoms with Crippen LogP contribution in [0.3, 0.4) is 0 Å². The molecule has 18 heavy (non-hydrogen) atoms. The smallest absolute Gasteiger partial charge is 0.322 e. The molecule has 0 amide bonds. The number of hydrogen-bond donors (Lipinski definition) is 0. The number of fused-ring (bicyclic) bond motifs is 1. The number of nitrogens with zero attached hydrogens (tertiary/aromatic N) is 3. The molecule has 0 unspecified atom stereocenters. The number of aromatic nitrogens is 3. The largest absolute Gasteiger partial charge is 0.424 e. The molecule has 0 aliphatic rings. The summed E-state index contributed by atoms with van der Waals surface area (Å²) in [5.74, 6) is 0.603. The first-order valence-corrected chi connectivity index (χ1v) is 5.69. The molecule has 4 nitrogen and oxygen atoms in total. The fourth-order valence-corrected chi connectivity index (χ4v) is 1.72. The van der Waals surface area contributed by atoms with Crippen molar-refractivity contribution in [3.8, 4) is 11.8 Å². The average molecular weight is 258 g/mol. The van der Waals surface area contributed by atoms with E-state index in [0.717, 1.165) is 10.9 Å². The lowest BCUT2D eigenvalue weighted by molar-refractivity contribution is 0.444. The van der Waals surface area contributed by atoms with E-state index in [9.17, 15) is 0 Å². The van der Waals surface area contributed by atoms with Gasteiger partial charge in [-0.3, -0.25) is 4.98 Å². The fourth-order valence-electron chi connectivity index (χ4n) is 1.54. The molecular weight excluding hydrogens is 250 g/mol. The van der Waals surface area contributed by atoms with Crippen LogP contribution >= 0.6 is 11.6 Å². The second kappa shape index (κ2) is 4.58. The summed E-state index contributed by atoms with van der Waals surface area (Å²) in [6, 6.07) is 9.21. The molecule has 0 saturated heterocycles. The van der Waals surface area contributed by atoms with Crippen molar-refractivity contribution in [3.05, 3.63) is 53.9 Å². The zero-order chi connectivity index (χ0) is 12.4. The van der Waals surface area contributed by atoms with E-state index in [1.54, 1.807) is 42.9 Å². The van der Waals surface area contributed by atoms with E-state index in [4.69, 9.17) is 16.3 Å². The third-order valence-corrected chi connectivity index (χ3v) is 2.60. The molecule has 0 N–H and O–H groups in total. The third-order valence-electron chi connectivity index (χ3n) is 2.37. The first-order chi connectivity index (χ1) is 8.81. The first-order valence-electron chi connectivity index (χ1n) is 5.31. The van der Waals surface area contributed by atoms with E-state index in [2.05, 4.69) is 15.0 Å². The molecule has 0 radical (unpaired) electrons. The number of ether oxygens (including phenoxy) is 1. The number of halogens is 1. The van der Waals surface area contributed by atoms with Crippen molar-refractivity contribution in [3.63, 3.8) is 0 Å². The maximum Gasteiger partial charge on any atom is 0.322 e. The van der Waals surface area contributed by atoms with Gasteiger partial charge in [0.1, 0.15) is 5.75 Å². The molecule has 0 aliphatic carbocycles. The average Bonchev–Trinajstić information content (AvgIpc) is 2.39. The first kappa shape index (κ1) is 10.9. The summed E-state index contributed by atoms with van der Waals surface area (Å²) in [7, 11) is 0. The van der Waals surface area contributed by atoms with Gasteiger partial charge in [-0.15, -0.1) is 0 Å². The molecule has 1 aromatic carbocycles. The Morgan fingerprint density at radius 3 is 2.94 bits per heavy atom. The standard InChI is InChI=1S/C13H8ClN3O/c14-10-2-1-3-11(6-10)18-13-16-7-9-4-5-15-8-12(9)17-13/h1-8H. The van der Waals surface area contributed by atoms with Gasteiger partial charge in [0.25, 0.3) is 0 Å². The molecule has 0 bridgehead atoms. The predicted molar refractivity (Wildman–Crippen MR) is 68.9 cm³/mol. The lowest BCUT2D eigenvalue weighted by atomic mass is 10.3. The Morgan fingerprint density at radius 1 is 1.11 bits per heavy atom. The van der Waals surface area contributed by atoms with Crippen LogP contribution in [0, 0.1) is 0 Å². The third kappa shape index (κ3) is 2.24. The Hall–Kier alpha value is -2.20. The molecule has 3 aromatic rings. The van der Waals surface area contributed by atoms with Crippen LogP contribution in [-0.2, 0) is 0 Å². The SMILES string of the molecule is Clc1cccc(Oc2ncc3ccncc3n2)c1. The van der Waals surface area contributed by atoms with Crippen LogP contribution in [0.5, 0.6) is 11.8 Å². The molecular formula is C13H8ClN3O. The minimum absolute atomic E-state index is 0.276. The van der Waals surface area contributed by atoms with Crippen molar-refractivity contribution in [2.24, 2.45) is 0 Å². The summed E-state index contributed by atoms with van der Waals surface area (Å²) in [5, 5.41) is 1.53. The van der Waals surface area contributed by atoms with Gasteiger partial charge in [0.15, 0.2) is 0 Å². The van der Waals surface area contributed by atoms with Gasteiger partial charge in [0, 0.05) is 22.8 Å². The highest BCUT2D eigenvalue weighted by Crippen LogP contribution is 2.22. The quantitative estimate of drug-likeness (QED) is 0.705. The van der Waals surface area contributed by atoms with Gasteiger partial charge < -0.3 is 4.74 Å². The van der Waals surface area contributed by atoms with E-state index < -0.39 is 0 Å². The zero-order valence-electron chi connectivity index (χ0n) is 9.25. The second-order valence-electron chi connectivity index (χ2n) is 3.65. The summed E-state index contributed by atoms with van der Waals surface area (Å²) >= 11 is 5.88. The molecule has 2 heterocycles. The van der Waals surface area contributed by atoms with Crippen LogP contribution in [0.1, 0.15) is 0 Å². The van der Waals surface area contributed by atoms with E-state index in [1.807, 2.05) is 6.07 Å². The summed E-state index contributed by atoms with van der Waals surface area (Å²) in [6.07, 6.45) is 5.06. The van der Waals surface area contributed by atoms with Crippen molar-refractivity contribution < 1.29 is 4.74 Å². The minimum Gasteiger partial charge on any atom is -0.424 e. The second-order valence-corrected chi connectivity index (χ2v) is 4.08. The van der Waals surface area contributed by atoms with Gasteiger partial charge in [-0.1, -0.05) is 17.7 Å². The number of pyridine rings is 1. The molecule has 88 valence electrons. The lowest BCUT2D eigenvalue weighted by Gasteiger charge is -2.04. The summed E-state index contributed by atoms with van der Waals surface area (Å²) in [4.78, 5) is 12.4. The van der Waals surface area contributed by atoms with Gasteiger partial charge in [0.2, 0.25) is 0 Å². The van der Waals surface area contributed by atoms with Gasteiger partial charge in [-0.05, 0) is 24.3 Å². The van der Waals surface area contributed by atoms with Crippen molar-refractivity contribution in [2.75, 3.05) is 0 Å². The van der Waals surface area contributed by atoms with Crippen molar-refractivity contribution >= 4 is 22.5 Å². The van der Waals surface area contributed by atoms with Gasteiger partial charge >= 0.3 is 6.01 Å². The van der Waals surface area contributed by atoms with Crippen LogP contribution in [0.4, 0.5) is 0 Å². The Labute approximate surface area is 108 Å². The van der Waals surface area contributed by atoms with Crippen molar-refractivity contribution in [2.45, 2.75) is 0 Å². The normalized spacial score (nSPS) is 10.5. The Morgan fingerprint density at radius 2 is 2.06 bits per heavy atom. The van der Waals surface area contributed by atoms with Crippen molar-refractivity contribution in [1.82, 2.24) is 15.0 Å². The Balaban J connectivity index is 1.95. The van der Waals surface area contributed by atoms with Crippen LogP contribution in [0.15, 0.2) is 48.9 Å². The van der Waals surface area contributed by atoms with E-state index in [-0.39, 0.29) is 6.01 Å². The molecule has 0 spiro atoms. The molecule has 0 fully saturated rings. The van der Waals surface area contributed by atoms with E-state index in [1.165, 1.54) is 0 Å². The van der Waals surface area contributed by atoms with E-state index in [0.29, 0.717) is 10.8 Å². The maximum absolute atomic E-state index is 5.88. The molecule has 3 rings (SSSR count). The van der Waals surface area contributed by atoms with Crippen molar-refractivity contribution in [1.29, 1.82) is 0 Å². The highest BCUT2D eigenvalue weighted by atomic mass is 35.5. The topological polar surface area (TPSA) is 47.9 Å². The lowest BCUT2D eigenvalue weighted by Crippen LogP contribution is -1.92. The molecule has 0 saturated carbocycles. The predicted octanol–water partition coefficient (Wildman–Crippen LogP) is 3.47. The zero-order valence-corrected chi connectivity index (χ0v) is 10.0. The van der Waals surface area contributed by atoms with Gasteiger partial charge in [-0.2, -0.15) is 4.98 Å². The van der Waals surface area contributed by atoms with Crippen LogP contribution < -0.4 is 4.74 Å². The highest BCUT2D eigenvalue weighted by Gasteiger charge is 2.03. The fraction of sp³-hybridized carbons (Fsp3) is 0. The summed E-state index contributed by atoms with van der Waals surface area (Å²) in [6.45, 7) is 0. The van der Waals surface area contributed by atoms with Crippen LogP contribution in [-0.4, -0.2) is 15.0 Å². The maximum atomic E-state index is 5.88. The van der Waals surface area contributed by atoms with Gasteiger partial charge in [-0.25, -0.2) is 4.98 Å². The van der Waals surface area contributed by atoms with Crippen LogP contribution in [0.25, 0.3) is 10.9 Å². The van der Waals surface area contributed by atoms with E-state index >= 15 is 0 Å². The molecule has 0 atom stereocenters. The number of rotatable bonds is 2. The molecule has 0 aliphatic heterocycles. The molecule has 2 aromatic heterocycles. The Kier molecular flexibility index (Phi) is 2.78. The Bertz CT molecular complexity index is 702. The minimum atomic E-state index is 0.276. The monoisotopic (exact) mass is 257 g/mol.